The van der Waals surface area contributed by atoms with Crippen LogP contribution < -0.4 is 10.1 Å². The van der Waals surface area contributed by atoms with Crippen LogP contribution in [0.5, 0.6) is 5.75 Å². The van der Waals surface area contributed by atoms with Crippen molar-refractivity contribution in [2.45, 2.75) is 25.5 Å². The second-order valence-corrected chi connectivity index (χ2v) is 7.83. The van der Waals surface area contributed by atoms with Crippen LogP contribution >= 0.6 is 0 Å². The standard InChI is InChI=1S/C23H23N9O/c1-15(10-24)20-13-28-22-23(29-20)32(31-30-22)14-16-3-2-4-17(9-16)21-26-11-19(12-27-21)33-18-5-7-25-8-6-18/h2-4,9-13,18,24-25H,1,5-8,14H2. The summed E-state index contributed by atoms with van der Waals surface area (Å²) >= 11 is 0. The van der Waals surface area contributed by atoms with Crippen molar-refractivity contribution >= 4 is 23.1 Å². The fourth-order valence-corrected chi connectivity index (χ4v) is 3.70. The SMILES string of the molecule is C=C(C=N)c1cnc2nnn(Cc3cccc(-c4ncc(OC5CCNCC5)cn4)c3)c2n1. The quantitative estimate of drug-likeness (QED) is 0.419. The molecular weight excluding hydrogens is 418 g/mol. The maximum atomic E-state index is 7.38. The molecule has 0 radical (unpaired) electrons. The predicted molar refractivity (Wildman–Crippen MR) is 124 cm³/mol. The van der Waals surface area contributed by atoms with Crippen LogP contribution in [0, 0.1) is 5.41 Å². The van der Waals surface area contributed by atoms with Gasteiger partial charge in [-0.25, -0.2) is 24.6 Å². The van der Waals surface area contributed by atoms with Gasteiger partial charge in [0.25, 0.3) is 0 Å². The molecule has 0 spiro atoms. The third-order valence-corrected chi connectivity index (χ3v) is 5.47. The highest BCUT2D eigenvalue weighted by molar-refractivity contribution is 6.06. The topological polar surface area (TPSA) is 127 Å². The smallest absolute Gasteiger partial charge is 0.221 e. The first-order valence-corrected chi connectivity index (χ1v) is 10.7. The highest BCUT2D eigenvalue weighted by Gasteiger charge is 2.15. The van der Waals surface area contributed by atoms with E-state index in [0.717, 1.165) is 43.3 Å². The third-order valence-electron chi connectivity index (χ3n) is 5.47. The Morgan fingerprint density at radius 3 is 2.79 bits per heavy atom. The highest BCUT2D eigenvalue weighted by Crippen LogP contribution is 2.21. The van der Waals surface area contributed by atoms with Crippen molar-refractivity contribution < 1.29 is 4.74 Å². The van der Waals surface area contributed by atoms with Gasteiger partial charge in [-0.05, 0) is 37.6 Å². The van der Waals surface area contributed by atoms with Crippen molar-refractivity contribution in [1.29, 1.82) is 5.41 Å². The van der Waals surface area contributed by atoms with Crippen LogP contribution in [0.3, 0.4) is 0 Å². The van der Waals surface area contributed by atoms with Crippen molar-refractivity contribution in [3.63, 3.8) is 0 Å². The summed E-state index contributed by atoms with van der Waals surface area (Å²) in [6.45, 7) is 6.21. The van der Waals surface area contributed by atoms with E-state index in [-0.39, 0.29) is 6.10 Å². The molecule has 0 unspecified atom stereocenters. The zero-order chi connectivity index (χ0) is 22.6. The number of allylic oxidation sites excluding steroid dienone is 1. The lowest BCUT2D eigenvalue weighted by Gasteiger charge is -2.23. The lowest BCUT2D eigenvalue weighted by atomic mass is 10.1. The number of nitrogens with zero attached hydrogens (tertiary/aromatic N) is 7. The number of benzene rings is 1. The van der Waals surface area contributed by atoms with Gasteiger partial charge in [-0.3, -0.25) is 0 Å². The summed E-state index contributed by atoms with van der Waals surface area (Å²) in [6, 6.07) is 7.95. The van der Waals surface area contributed by atoms with Crippen molar-refractivity contribution in [3.05, 3.63) is 60.7 Å². The molecule has 10 nitrogen and oxygen atoms in total. The molecule has 0 aliphatic carbocycles. The largest absolute Gasteiger partial charge is 0.487 e. The van der Waals surface area contributed by atoms with Crippen molar-refractivity contribution in [3.8, 4) is 17.1 Å². The van der Waals surface area contributed by atoms with Gasteiger partial charge < -0.3 is 15.5 Å². The molecule has 33 heavy (non-hydrogen) atoms. The van der Waals surface area contributed by atoms with E-state index in [0.29, 0.717) is 40.7 Å². The fraction of sp³-hybridized carbons (Fsp3) is 0.261. The molecule has 0 atom stereocenters. The van der Waals surface area contributed by atoms with E-state index in [1.807, 2.05) is 24.3 Å². The van der Waals surface area contributed by atoms with Crippen LogP contribution in [0.4, 0.5) is 0 Å². The molecule has 1 saturated heterocycles. The number of rotatable bonds is 7. The van der Waals surface area contributed by atoms with Gasteiger partial charge in [0.15, 0.2) is 17.2 Å². The molecule has 166 valence electrons. The average Bonchev–Trinajstić information content (AvgIpc) is 3.26. The Hall–Kier alpha value is -4.05. The predicted octanol–water partition coefficient (Wildman–Crippen LogP) is 2.52. The molecule has 3 aromatic heterocycles. The van der Waals surface area contributed by atoms with Crippen LogP contribution in [0.25, 0.3) is 28.3 Å². The third kappa shape index (κ3) is 4.60. The zero-order valence-corrected chi connectivity index (χ0v) is 18.0. The number of hydrogen-bond acceptors (Lipinski definition) is 9. The molecule has 4 heterocycles. The molecule has 1 aliphatic rings. The first-order chi connectivity index (χ1) is 16.2. The molecule has 2 N–H and O–H groups in total. The molecular formula is C23H23N9O. The van der Waals surface area contributed by atoms with Crippen LogP contribution in [0.2, 0.25) is 0 Å². The van der Waals surface area contributed by atoms with Gasteiger partial charge in [-0.15, -0.1) is 5.10 Å². The second-order valence-electron chi connectivity index (χ2n) is 7.83. The Kier molecular flexibility index (Phi) is 5.81. The average molecular weight is 441 g/mol. The van der Waals surface area contributed by atoms with Gasteiger partial charge in [0.1, 0.15) is 6.10 Å². The monoisotopic (exact) mass is 441 g/mol. The fourth-order valence-electron chi connectivity index (χ4n) is 3.70. The van der Waals surface area contributed by atoms with Crippen LogP contribution in [-0.2, 0) is 6.54 Å². The van der Waals surface area contributed by atoms with E-state index < -0.39 is 0 Å². The zero-order valence-electron chi connectivity index (χ0n) is 18.0. The van der Waals surface area contributed by atoms with E-state index >= 15 is 0 Å². The minimum atomic E-state index is 0.210. The number of ether oxygens (including phenoxy) is 1. The Bertz CT molecular complexity index is 1290. The van der Waals surface area contributed by atoms with Crippen molar-refractivity contribution in [2.24, 2.45) is 0 Å². The summed E-state index contributed by atoms with van der Waals surface area (Å²) in [5.74, 6) is 1.32. The molecule has 1 aliphatic heterocycles. The number of hydrogen-bond donors (Lipinski definition) is 2. The van der Waals surface area contributed by atoms with Gasteiger partial charge in [-0.1, -0.05) is 30.0 Å². The van der Waals surface area contributed by atoms with Gasteiger partial charge in [0, 0.05) is 17.4 Å². The first kappa shape index (κ1) is 20.8. The van der Waals surface area contributed by atoms with Gasteiger partial charge in [0.2, 0.25) is 5.65 Å². The Morgan fingerprint density at radius 1 is 1.18 bits per heavy atom. The van der Waals surface area contributed by atoms with E-state index in [1.54, 1.807) is 23.3 Å². The summed E-state index contributed by atoms with van der Waals surface area (Å²) in [6.07, 6.45) is 8.34. The molecule has 1 aromatic carbocycles. The molecule has 0 saturated carbocycles. The van der Waals surface area contributed by atoms with Crippen LogP contribution in [-0.4, -0.2) is 60.3 Å². The number of aromatic nitrogens is 7. The number of piperidine rings is 1. The minimum Gasteiger partial charge on any atom is -0.487 e. The first-order valence-electron chi connectivity index (χ1n) is 10.7. The molecule has 4 aromatic rings. The Balaban J connectivity index is 1.34. The Labute approximate surface area is 190 Å². The van der Waals surface area contributed by atoms with E-state index in [1.165, 1.54) is 0 Å². The normalized spacial score (nSPS) is 14.3. The van der Waals surface area contributed by atoms with E-state index in [4.69, 9.17) is 10.1 Å². The van der Waals surface area contributed by atoms with Crippen LogP contribution in [0.15, 0.2) is 49.4 Å². The van der Waals surface area contributed by atoms with Gasteiger partial charge >= 0.3 is 0 Å². The van der Waals surface area contributed by atoms with E-state index in [2.05, 4.69) is 42.1 Å². The maximum Gasteiger partial charge on any atom is 0.221 e. The summed E-state index contributed by atoms with van der Waals surface area (Å²) in [7, 11) is 0. The summed E-state index contributed by atoms with van der Waals surface area (Å²) in [5.41, 5.74) is 3.88. The molecule has 0 amide bonds. The molecule has 5 rings (SSSR count). The lowest BCUT2D eigenvalue weighted by molar-refractivity contribution is 0.161. The van der Waals surface area contributed by atoms with Gasteiger partial charge in [-0.2, -0.15) is 0 Å². The molecule has 1 fully saturated rings. The minimum absolute atomic E-state index is 0.210. The van der Waals surface area contributed by atoms with Crippen LogP contribution in [0.1, 0.15) is 24.1 Å². The second kappa shape index (κ2) is 9.21. The summed E-state index contributed by atoms with van der Waals surface area (Å²) in [4.78, 5) is 17.8. The van der Waals surface area contributed by atoms with Gasteiger partial charge in [0.05, 0.1) is 30.8 Å². The number of nitrogens with one attached hydrogen (secondary N) is 2. The molecule has 0 bridgehead atoms. The van der Waals surface area contributed by atoms with E-state index in [9.17, 15) is 0 Å². The Morgan fingerprint density at radius 2 is 2.00 bits per heavy atom. The maximum absolute atomic E-state index is 7.38. The van der Waals surface area contributed by atoms with Crippen molar-refractivity contribution in [2.75, 3.05) is 13.1 Å². The molecule has 10 heteroatoms. The highest BCUT2D eigenvalue weighted by atomic mass is 16.5. The lowest BCUT2D eigenvalue weighted by Crippen LogP contribution is -2.34. The number of fused-ring (bicyclic) bond motifs is 1. The summed E-state index contributed by atoms with van der Waals surface area (Å²) in [5, 5.41) is 19.0. The van der Waals surface area contributed by atoms with Crippen molar-refractivity contribution in [1.82, 2.24) is 40.2 Å². The summed E-state index contributed by atoms with van der Waals surface area (Å²) < 4.78 is 7.68.